The summed E-state index contributed by atoms with van der Waals surface area (Å²) in [5.74, 6) is 0. The summed E-state index contributed by atoms with van der Waals surface area (Å²) >= 11 is 1.92. The van der Waals surface area contributed by atoms with Gasteiger partial charge in [-0.25, -0.2) is 0 Å². The van der Waals surface area contributed by atoms with Crippen LogP contribution in [0.2, 0.25) is 0 Å². The Balaban J connectivity index is 2.00. The van der Waals surface area contributed by atoms with E-state index in [2.05, 4.69) is 53.2 Å². The van der Waals surface area contributed by atoms with E-state index in [1.54, 1.807) is 0 Å². The van der Waals surface area contributed by atoms with Crippen molar-refractivity contribution in [2.45, 2.75) is 17.2 Å². The molecule has 1 aliphatic rings. The molecule has 3 rings (SSSR count). The summed E-state index contributed by atoms with van der Waals surface area (Å²) in [4.78, 5) is 7.90. The van der Waals surface area contributed by atoms with Gasteiger partial charge in [0.2, 0.25) is 0 Å². The Hall–Kier alpha value is -1.48. The van der Waals surface area contributed by atoms with Crippen molar-refractivity contribution in [3.8, 4) is 0 Å². The lowest BCUT2D eigenvalue weighted by Crippen LogP contribution is -2.22. The summed E-state index contributed by atoms with van der Waals surface area (Å²) in [6, 6.07) is 12.8. The highest BCUT2D eigenvalue weighted by Gasteiger charge is 2.29. The Labute approximate surface area is 106 Å². The first kappa shape index (κ1) is 10.7. The molecule has 0 N–H and O–H groups in total. The van der Waals surface area contributed by atoms with E-state index in [4.69, 9.17) is 0 Å². The second-order valence-corrected chi connectivity index (χ2v) is 5.13. The van der Waals surface area contributed by atoms with Crippen LogP contribution in [0, 0.1) is 0 Å². The van der Waals surface area contributed by atoms with Gasteiger partial charge in [-0.1, -0.05) is 23.9 Å². The molecular formula is C14H14N2S. The van der Waals surface area contributed by atoms with Gasteiger partial charge in [-0.15, -0.1) is 0 Å². The molecule has 1 atom stereocenters. The molecule has 2 heterocycles. The van der Waals surface area contributed by atoms with E-state index in [1.807, 2.05) is 24.2 Å². The molecule has 0 saturated heterocycles. The molecule has 1 aromatic heterocycles. The van der Waals surface area contributed by atoms with Crippen LogP contribution < -0.4 is 4.90 Å². The lowest BCUT2D eigenvalue weighted by molar-refractivity contribution is 0.823. The molecule has 86 valence electrons. The Morgan fingerprint density at radius 2 is 1.94 bits per heavy atom. The first-order chi connectivity index (χ1) is 8.40. The molecule has 0 aliphatic carbocycles. The van der Waals surface area contributed by atoms with Crippen LogP contribution in [0.5, 0.6) is 0 Å². The lowest BCUT2D eigenvalue weighted by Gasteiger charge is -2.25. The first-order valence-electron chi connectivity index (χ1n) is 5.82. The number of nitrogens with zero attached hydrogens (tertiary/aromatic N) is 2. The number of pyridine rings is 1. The maximum Gasteiger partial charge on any atom is 0.105 e. The van der Waals surface area contributed by atoms with Crippen molar-refractivity contribution in [3.63, 3.8) is 0 Å². The molecule has 2 nitrogen and oxygen atoms in total. The van der Waals surface area contributed by atoms with Crippen LogP contribution in [0.15, 0.2) is 53.7 Å². The number of anilines is 1. The Morgan fingerprint density at radius 1 is 1.18 bits per heavy atom. The van der Waals surface area contributed by atoms with Crippen molar-refractivity contribution in [2.75, 3.05) is 11.4 Å². The molecule has 3 heteroatoms. The van der Waals surface area contributed by atoms with Crippen LogP contribution >= 0.6 is 11.8 Å². The lowest BCUT2D eigenvalue weighted by atomic mass is 10.2. The average Bonchev–Trinajstić information content (AvgIpc) is 2.78. The molecule has 0 fully saturated rings. The predicted octanol–water partition coefficient (Wildman–Crippen LogP) is 3.71. The highest BCUT2D eigenvalue weighted by atomic mass is 32.2. The Kier molecular flexibility index (Phi) is 2.77. The molecule has 0 amide bonds. The summed E-state index contributed by atoms with van der Waals surface area (Å²) in [5, 5.41) is 0.389. The number of rotatable bonds is 2. The summed E-state index contributed by atoms with van der Waals surface area (Å²) in [6.07, 6.45) is 3.74. The third-order valence-corrected chi connectivity index (χ3v) is 4.38. The second kappa shape index (κ2) is 4.41. The molecule has 0 radical (unpaired) electrons. The number of aromatic nitrogens is 1. The van der Waals surface area contributed by atoms with Crippen LogP contribution in [-0.4, -0.2) is 11.5 Å². The summed E-state index contributed by atoms with van der Waals surface area (Å²) in [5.41, 5.74) is 2.67. The molecule has 0 bridgehead atoms. The highest BCUT2D eigenvalue weighted by Crippen LogP contribution is 2.50. The molecular weight excluding hydrogens is 228 g/mol. The van der Waals surface area contributed by atoms with Gasteiger partial charge >= 0.3 is 0 Å². The minimum absolute atomic E-state index is 0.389. The molecule has 0 saturated carbocycles. The maximum absolute atomic E-state index is 4.09. The van der Waals surface area contributed by atoms with E-state index < -0.39 is 0 Å². The van der Waals surface area contributed by atoms with Gasteiger partial charge in [0.25, 0.3) is 0 Å². The zero-order valence-corrected chi connectivity index (χ0v) is 10.5. The van der Waals surface area contributed by atoms with Crippen LogP contribution in [0.3, 0.4) is 0 Å². The quantitative estimate of drug-likeness (QED) is 0.798. The van der Waals surface area contributed by atoms with Gasteiger partial charge in [-0.2, -0.15) is 0 Å². The monoisotopic (exact) mass is 242 g/mol. The van der Waals surface area contributed by atoms with Gasteiger partial charge in [0.15, 0.2) is 0 Å². The fourth-order valence-electron chi connectivity index (χ4n) is 2.22. The van der Waals surface area contributed by atoms with Crippen LogP contribution in [-0.2, 0) is 0 Å². The smallest absolute Gasteiger partial charge is 0.105 e. The molecule has 1 aromatic carbocycles. The SMILES string of the molecule is CCN1c2ccccc2S[C@H]1c1ccncc1. The minimum Gasteiger partial charge on any atom is -0.354 e. The number of thioether (sulfide) groups is 1. The summed E-state index contributed by atoms with van der Waals surface area (Å²) in [7, 11) is 0. The number of fused-ring (bicyclic) bond motifs is 1. The summed E-state index contributed by atoms with van der Waals surface area (Å²) in [6.45, 7) is 3.23. The Bertz CT molecular complexity index is 513. The van der Waals surface area contributed by atoms with Gasteiger partial charge < -0.3 is 4.90 Å². The van der Waals surface area contributed by atoms with Crippen molar-refractivity contribution in [1.82, 2.24) is 4.98 Å². The van der Waals surface area contributed by atoms with Crippen molar-refractivity contribution in [3.05, 3.63) is 54.4 Å². The molecule has 17 heavy (non-hydrogen) atoms. The maximum atomic E-state index is 4.09. The number of hydrogen-bond donors (Lipinski definition) is 0. The molecule has 1 aliphatic heterocycles. The zero-order valence-electron chi connectivity index (χ0n) is 9.71. The van der Waals surface area contributed by atoms with Crippen molar-refractivity contribution in [1.29, 1.82) is 0 Å². The van der Waals surface area contributed by atoms with Gasteiger partial charge in [-0.05, 0) is 36.8 Å². The van der Waals surface area contributed by atoms with Gasteiger partial charge in [0.1, 0.15) is 5.37 Å². The van der Waals surface area contributed by atoms with E-state index in [-0.39, 0.29) is 0 Å². The van der Waals surface area contributed by atoms with Crippen LogP contribution in [0.1, 0.15) is 17.9 Å². The number of benzene rings is 1. The fraction of sp³-hybridized carbons (Fsp3) is 0.214. The number of hydrogen-bond acceptors (Lipinski definition) is 3. The summed E-state index contributed by atoms with van der Waals surface area (Å²) < 4.78 is 0. The van der Waals surface area contributed by atoms with E-state index in [9.17, 15) is 0 Å². The fourth-order valence-corrected chi connectivity index (χ4v) is 3.60. The number of para-hydroxylation sites is 1. The normalized spacial score (nSPS) is 18.2. The average molecular weight is 242 g/mol. The third kappa shape index (κ3) is 1.80. The van der Waals surface area contributed by atoms with Crippen LogP contribution in [0.25, 0.3) is 0 Å². The van der Waals surface area contributed by atoms with Crippen molar-refractivity contribution in [2.24, 2.45) is 0 Å². The Morgan fingerprint density at radius 3 is 2.71 bits per heavy atom. The second-order valence-electron chi connectivity index (χ2n) is 4.00. The third-order valence-electron chi connectivity index (χ3n) is 3.03. The standard InChI is InChI=1S/C14H14N2S/c1-2-16-12-5-3-4-6-13(12)17-14(16)11-7-9-15-10-8-11/h3-10,14H,2H2,1H3/t14-/m0/s1. The van der Waals surface area contributed by atoms with E-state index in [1.165, 1.54) is 16.1 Å². The molecule has 2 aromatic rings. The van der Waals surface area contributed by atoms with Crippen molar-refractivity contribution < 1.29 is 0 Å². The largest absolute Gasteiger partial charge is 0.354 e. The zero-order chi connectivity index (χ0) is 11.7. The van der Waals surface area contributed by atoms with E-state index >= 15 is 0 Å². The molecule has 0 spiro atoms. The van der Waals surface area contributed by atoms with Gasteiger partial charge in [0, 0.05) is 23.8 Å². The highest BCUT2D eigenvalue weighted by molar-refractivity contribution is 8.00. The minimum atomic E-state index is 0.389. The van der Waals surface area contributed by atoms with Crippen LogP contribution in [0.4, 0.5) is 5.69 Å². The first-order valence-corrected chi connectivity index (χ1v) is 6.70. The van der Waals surface area contributed by atoms with Crippen molar-refractivity contribution >= 4 is 17.4 Å². The topological polar surface area (TPSA) is 16.1 Å². The van der Waals surface area contributed by atoms with Gasteiger partial charge in [0.05, 0.1) is 5.69 Å². The molecule has 0 unspecified atom stereocenters. The van der Waals surface area contributed by atoms with E-state index in [0.717, 1.165) is 6.54 Å². The predicted molar refractivity (Wildman–Crippen MR) is 72.3 cm³/mol. The van der Waals surface area contributed by atoms with E-state index in [0.29, 0.717) is 5.37 Å². The van der Waals surface area contributed by atoms with Gasteiger partial charge in [-0.3, -0.25) is 4.98 Å².